The smallest absolute Gasteiger partial charge is 0.255 e. The molecule has 9 heteroatoms. The highest BCUT2D eigenvalue weighted by molar-refractivity contribution is 5.91. The number of amides is 2. The summed E-state index contributed by atoms with van der Waals surface area (Å²) in [5.74, 6) is -1.69. The minimum atomic E-state index is -1.85. The summed E-state index contributed by atoms with van der Waals surface area (Å²) >= 11 is 0. The summed E-state index contributed by atoms with van der Waals surface area (Å²) in [6.45, 7) is 0.787. The fourth-order valence-corrected chi connectivity index (χ4v) is 6.52. The molecule has 2 bridgehead atoms. The van der Waals surface area contributed by atoms with Gasteiger partial charge in [-0.1, -0.05) is 30.3 Å². The molecule has 5 rings (SSSR count). The Labute approximate surface area is 221 Å². The first-order valence-electron chi connectivity index (χ1n) is 13.3. The molecule has 0 spiro atoms. The molecule has 0 aliphatic carbocycles. The Morgan fingerprint density at radius 2 is 1.76 bits per heavy atom. The van der Waals surface area contributed by atoms with Crippen molar-refractivity contribution in [2.24, 2.45) is 5.92 Å². The van der Waals surface area contributed by atoms with Gasteiger partial charge in [-0.25, -0.2) is 4.39 Å². The van der Waals surface area contributed by atoms with Crippen LogP contribution < -0.4 is 10.2 Å². The molecule has 3 fully saturated rings. The Kier molecular flexibility index (Phi) is 7.63. The van der Waals surface area contributed by atoms with Gasteiger partial charge in [0, 0.05) is 25.2 Å². The number of likely N-dealkylation sites (tertiary alicyclic amines) is 1. The van der Waals surface area contributed by atoms with Crippen LogP contribution in [0.1, 0.15) is 55.7 Å². The van der Waals surface area contributed by atoms with Gasteiger partial charge in [0.05, 0.1) is 17.3 Å². The first-order valence-corrected chi connectivity index (χ1v) is 13.3. The number of carbonyl (C=O) groups is 2. The Morgan fingerprint density at radius 3 is 2.45 bits per heavy atom. The van der Waals surface area contributed by atoms with E-state index in [1.807, 2.05) is 30.3 Å². The van der Waals surface area contributed by atoms with Crippen LogP contribution in [0.25, 0.3) is 0 Å². The zero-order valence-electron chi connectivity index (χ0n) is 21.2. The van der Waals surface area contributed by atoms with E-state index in [0.29, 0.717) is 18.7 Å². The number of nitriles is 1. The number of fused-ring (bicyclic) bond motifs is 2. The number of benzene rings is 2. The van der Waals surface area contributed by atoms with Gasteiger partial charge in [0.1, 0.15) is 11.9 Å². The van der Waals surface area contributed by atoms with Crippen LogP contribution in [0.5, 0.6) is 0 Å². The summed E-state index contributed by atoms with van der Waals surface area (Å²) < 4.78 is 13.6. The number of hydrogen-bond donors (Lipinski definition) is 3. The second kappa shape index (κ2) is 11.1. The maximum absolute atomic E-state index is 13.6. The van der Waals surface area contributed by atoms with Gasteiger partial charge < -0.3 is 25.3 Å². The highest BCUT2D eigenvalue weighted by Crippen LogP contribution is 2.42. The molecule has 2 aromatic rings. The van der Waals surface area contributed by atoms with E-state index >= 15 is 0 Å². The lowest BCUT2D eigenvalue weighted by Gasteiger charge is -2.41. The van der Waals surface area contributed by atoms with E-state index in [9.17, 15) is 29.5 Å². The lowest BCUT2D eigenvalue weighted by Crippen LogP contribution is -2.52. The summed E-state index contributed by atoms with van der Waals surface area (Å²) in [6, 6.07) is 16.1. The fourth-order valence-electron chi connectivity index (χ4n) is 6.52. The van der Waals surface area contributed by atoms with Crippen molar-refractivity contribution >= 4 is 17.5 Å². The lowest BCUT2D eigenvalue weighted by molar-refractivity contribution is -0.153. The average Bonchev–Trinajstić information content (AvgIpc) is 3.53. The quantitative estimate of drug-likeness (QED) is 0.517. The molecule has 3 N–H and O–H groups in total. The first kappa shape index (κ1) is 26.1. The average molecular weight is 521 g/mol. The van der Waals surface area contributed by atoms with Crippen LogP contribution in [0, 0.1) is 23.1 Å². The van der Waals surface area contributed by atoms with Crippen molar-refractivity contribution in [3.8, 4) is 6.07 Å². The number of hydrogen-bond acceptors (Lipinski definition) is 6. The number of aliphatic hydroxyl groups is 2. The van der Waals surface area contributed by atoms with E-state index in [2.05, 4.69) is 16.3 Å². The van der Waals surface area contributed by atoms with E-state index in [1.54, 1.807) is 11.0 Å². The van der Waals surface area contributed by atoms with Crippen molar-refractivity contribution in [1.82, 2.24) is 10.2 Å². The standard InChI is InChI=1S/C29H33FN4O4/c30-21-8-11-25(20(15-21)16-31)34-22-9-10-23(34)14-18(13-22)17-32-28(37)26(35)27(36)29(38)33-12-4-7-24(33)19-5-2-1-3-6-19/h1-3,5-6,8,11,15,18,22-24,26-27,35-36H,4,7,9-10,12-14,17H2,(H,32,37)/t18?,22-,23?,24-,26?,27?/m0/s1. The molecule has 3 aliphatic rings. The maximum Gasteiger partial charge on any atom is 0.255 e. The summed E-state index contributed by atoms with van der Waals surface area (Å²) in [4.78, 5) is 29.5. The third-order valence-electron chi connectivity index (χ3n) is 8.29. The molecule has 3 heterocycles. The van der Waals surface area contributed by atoms with Crippen LogP contribution in [0.2, 0.25) is 0 Å². The molecule has 3 aliphatic heterocycles. The van der Waals surface area contributed by atoms with Gasteiger partial charge in [-0.05, 0) is 68.2 Å². The van der Waals surface area contributed by atoms with Crippen molar-refractivity contribution in [1.29, 1.82) is 5.26 Å². The molecule has 2 amide bonds. The summed E-state index contributed by atoms with van der Waals surface area (Å²) in [5.41, 5.74) is 2.03. The molecule has 3 saturated heterocycles. The normalized spacial score (nSPS) is 26.1. The molecular weight excluding hydrogens is 487 g/mol. The van der Waals surface area contributed by atoms with Crippen molar-refractivity contribution < 1.29 is 24.2 Å². The number of halogens is 1. The fraction of sp³-hybridized carbons (Fsp3) is 0.483. The third kappa shape index (κ3) is 5.11. The Hall–Kier alpha value is -3.48. The van der Waals surface area contributed by atoms with Gasteiger partial charge in [-0.3, -0.25) is 9.59 Å². The van der Waals surface area contributed by atoms with Gasteiger partial charge in [0.15, 0.2) is 12.2 Å². The number of nitrogens with zero attached hydrogens (tertiary/aromatic N) is 3. The van der Waals surface area contributed by atoms with Gasteiger partial charge in [0.2, 0.25) is 0 Å². The molecule has 6 atom stereocenters. The molecule has 4 unspecified atom stereocenters. The van der Waals surface area contributed by atoms with E-state index < -0.39 is 29.8 Å². The summed E-state index contributed by atoms with van der Waals surface area (Å²) in [6.07, 6.45) is 1.33. The number of piperidine rings is 1. The molecule has 2 aromatic carbocycles. The van der Waals surface area contributed by atoms with E-state index in [-0.39, 0.29) is 24.0 Å². The number of rotatable bonds is 7. The maximum atomic E-state index is 13.6. The second-order valence-electron chi connectivity index (χ2n) is 10.6. The van der Waals surface area contributed by atoms with Crippen LogP contribution in [-0.4, -0.2) is 64.3 Å². The number of carbonyl (C=O) groups excluding carboxylic acids is 2. The second-order valence-corrected chi connectivity index (χ2v) is 10.6. The number of anilines is 1. The minimum absolute atomic E-state index is 0.153. The van der Waals surface area contributed by atoms with Gasteiger partial charge in [0.25, 0.3) is 11.8 Å². The van der Waals surface area contributed by atoms with Gasteiger partial charge in [-0.2, -0.15) is 5.26 Å². The minimum Gasteiger partial charge on any atom is -0.380 e. The summed E-state index contributed by atoms with van der Waals surface area (Å²) in [7, 11) is 0. The third-order valence-corrected chi connectivity index (χ3v) is 8.29. The van der Waals surface area contributed by atoms with Crippen molar-refractivity contribution in [3.63, 3.8) is 0 Å². The highest BCUT2D eigenvalue weighted by Gasteiger charge is 2.42. The van der Waals surface area contributed by atoms with E-state index in [4.69, 9.17) is 0 Å². The first-order chi connectivity index (χ1) is 18.4. The van der Waals surface area contributed by atoms with Gasteiger partial charge >= 0.3 is 0 Å². The number of nitrogens with one attached hydrogen (secondary N) is 1. The van der Waals surface area contributed by atoms with Crippen LogP contribution in [0.15, 0.2) is 48.5 Å². The van der Waals surface area contributed by atoms with Crippen molar-refractivity contribution in [2.75, 3.05) is 18.0 Å². The predicted molar refractivity (Wildman–Crippen MR) is 138 cm³/mol. The van der Waals surface area contributed by atoms with Crippen LogP contribution >= 0.6 is 0 Å². The molecule has 38 heavy (non-hydrogen) atoms. The van der Waals surface area contributed by atoms with Crippen molar-refractivity contribution in [2.45, 2.75) is 68.9 Å². The lowest BCUT2D eigenvalue weighted by atomic mass is 9.89. The molecular formula is C29H33FN4O4. The van der Waals surface area contributed by atoms with Gasteiger partial charge in [-0.15, -0.1) is 0 Å². The largest absolute Gasteiger partial charge is 0.380 e. The Bertz CT molecular complexity index is 1200. The SMILES string of the molecule is N#Cc1cc(F)ccc1N1C2CC[C@H]1CC(CNC(=O)C(O)C(O)C(=O)N1CCC[C@H]1c1ccccc1)C2. The molecule has 0 aromatic heterocycles. The van der Waals surface area contributed by atoms with Crippen molar-refractivity contribution in [3.05, 3.63) is 65.5 Å². The van der Waals surface area contributed by atoms with Crippen LogP contribution in [0.3, 0.4) is 0 Å². The molecule has 200 valence electrons. The molecule has 0 radical (unpaired) electrons. The van der Waals surface area contributed by atoms with Crippen LogP contribution in [0.4, 0.5) is 10.1 Å². The topological polar surface area (TPSA) is 117 Å². The van der Waals surface area contributed by atoms with Crippen LogP contribution in [-0.2, 0) is 9.59 Å². The Morgan fingerprint density at radius 1 is 1.05 bits per heavy atom. The Balaban J connectivity index is 1.16. The molecule has 0 saturated carbocycles. The zero-order chi connectivity index (χ0) is 26.8. The predicted octanol–water partition coefficient (Wildman–Crippen LogP) is 2.65. The van der Waals surface area contributed by atoms with E-state index in [0.717, 1.165) is 49.8 Å². The highest BCUT2D eigenvalue weighted by atomic mass is 19.1. The monoisotopic (exact) mass is 520 g/mol. The number of aliphatic hydroxyl groups excluding tert-OH is 2. The summed E-state index contributed by atoms with van der Waals surface area (Å²) in [5, 5.41) is 33.3. The zero-order valence-corrected chi connectivity index (χ0v) is 21.2. The molecule has 8 nitrogen and oxygen atoms in total. The van der Waals surface area contributed by atoms with E-state index in [1.165, 1.54) is 12.1 Å².